The van der Waals surface area contributed by atoms with Crippen LogP contribution in [0.25, 0.3) is 0 Å². The molecule has 0 bridgehead atoms. The van der Waals surface area contributed by atoms with Crippen molar-refractivity contribution < 1.29 is 0 Å². The highest BCUT2D eigenvalue weighted by molar-refractivity contribution is 8.06. The average Bonchev–Trinajstić information content (AvgIpc) is 3.00. The summed E-state index contributed by atoms with van der Waals surface area (Å²) in [6, 6.07) is 0.525. The van der Waals surface area contributed by atoms with Crippen molar-refractivity contribution in [3.63, 3.8) is 0 Å². The zero-order valence-electron chi connectivity index (χ0n) is 10.0. The number of nitrogens with one attached hydrogen (secondary N) is 1. The number of hydrogen-bond donors (Lipinski definition) is 1. The van der Waals surface area contributed by atoms with Crippen molar-refractivity contribution in [1.82, 2.24) is 10.3 Å². The van der Waals surface area contributed by atoms with E-state index < -0.39 is 0 Å². The summed E-state index contributed by atoms with van der Waals surface area (Å²) in [5, 5.41) is 8.48. The summed E-state index contributed by atoms with van der Waals surface area (Å²) < 4.78 is 0. The molecule has 5 heteroatoms. The van der Waals surface area contributed by atoms with Crippen molar-refractivity contribution >= 4 is 34.9 Å². The van der Waals surface area contributed by atoms with Gasteiger partial charge in [0.1, 0.15) is 5.01 Å². The topological polar surface area (TPSA) is 24.9 Å². The van der Waals surface area contributed by atoms with Crippen LogP contribution in [-0.2, 0) is 0 Å². The number of thiazole rings is 1. The molecule has 3 atom stereocenters. The summed E-state index contributed by atoms with van der Waals surface area (Å²) in [4.78, 5) is 4.89. The van der Waals surface area contributed by atoms with Gasteiger partial charge in [0.25, 0.3) is 0 Å². The number of hydrogen-bond acceptors (Lipinski definition) is 5. The third kappa shape index (κ3) is 2.67. The molecule has 2 saturated heterocycles. The Bertz CT molecular complexity index is 374. The van der Waals surface area contributed by atoms with Crippen LogP contribution in [0.4, 0.5) is 0 Å². The Labute approximate surface area is 115 Å². The largest absolute Gasteiger partial charge is 0.309 e. The van der Waals surface area contributed by atoms with Crippen LogP contribution >= 0.6 is 34.9 Å². The molecule has 0 amide bonds. The van der Waals surface area contributed by atoms with Crippen molar-refractivity contribution in [2.45, 2.75) is 36.3 Å². The molecule has 2 nitrogen and oxygen atoms in total. The molecule has 0 saturated carbocycles. The highest BCUT2D eigenvalue weighted by Gasteiger charge is 2.28. The Morgan fingerprint density at radius 1 is 1.35 bits per heavy atom. The summed E-state index contributed by atoms with van der Waals surface area (Å²) in [5.74, 6) is 2.57. The summed E-state index contributed by atoms with van der Waals surface area (Å²) in [6.45, 7) is 3.50. The maximum atomic E-state index is 4.89. The van der Waals surface area contributed by atoms with Crippen LogP contribution < -0.4 is 5.32 Å². The summed E-state index contributed by atoms with van der Waals surface area (Å²) in [5.41, 5.74) is 1.28. The molecule has 2 aliphatic heterocycles. The molecule has 0 aliphatic carbocycles. The zero-order chi connectivity index (χ0) is 11.7. The first-order chi connectivity index (χ1) is 8.34. The van der Waals surface area contributed by atoms with Crippen LogP contribution in [-0.4, -0.2) is 28.3 Å². The molecule has 1 N–H and O–H groups in total. The second kappa shape index (κ2) is 5.51. The lowest BCUT2D eigenvalue weighted by molar-refractivity contribution is 0.629. The standard InChI is InChI=1S/C12H18N2S3/c1-8-11(16-6-5-15-8)12-14-10(7-17-12)9-3-2-4-13-9/h7-9,11,13H,2-6H2,1H3/t8?,9-,11?/m0/s1. The van der Waals surface area contributed by atoms with Crippen molar-refractivity contribution in [3.8, 4) is 0 Å². The number of aromatic nitrogens is 1. The summed E-state index contributed by atoms with van der Waals surface area (Å²) in [6.07, 6.45) is 2.55. The van der Waals surface area contributed by atoms with Gasteiger partial charge in [0, 0.05) is 22.1 Å². The Morgan fingerprint density at radius 2 is 2.24 bits per heavy atom. The maximum Gasteiger partial charge on any atom is 0.107 e. The zero-order valence-corrected chi connectivity index (χ0v) is 12.5. The average molecular weight is 286 g/mol. The van der Waals surface area contributed by atoms with E-state index in [9.17, 15) is 0 Å². The fourth-order valence-corrected chi connectivity index (χ4v) is 6.48. The predicted octanol–water partition coefficient (Wildman–Crippen LogP) is 3.48. The van der Waals surface area contributed by atoms with Crippen LogP contribution in [0, 0.1) is 0 Å². The second-order valence-corrected chi connectivity index (χ2v) is 8.25. The quantitative estimate of drug-likeness (QED) is 0.900. The van der Waals surface area contributed by atoms with Crippen molar-refractivity contribution in [2.24, 2.45) is 0 Å². The van der Waals surface area contributed by atoms with Crippen LogP contribution in [0.1, 0.15) is 41.8 Å². The molecule has 2 aliphatic rings. The second-order valence-electron chi connectivity index (χ2n) is 4.63. The van der Waals surface area contributed by atoms with Crippen molar-refractivity contribution in [3.05, 3.63) is 16.1 Å². The van der Waals surface area contributed by atoms with Gasteiger partial charge in [0.05, 0.1) is 17.0 Å². The molecular weight excluding hydrogens is 268 g/mol. The predicted molar refractivity (Wildman–Crippen MR) is 79.2 cm³/mol. The van der Waals surface area contributed by atoms with E-state index in [2.05, 4.69) is 41.1 Å². The monoisotopic (exact) mass is 286 g/mol. The summed E-state index contributed by atoms with van der Waals surface area (Å²) >= 11 is 6.04. The molecule has 0 spiro atoms. The first kappa shape index (κ1) is 12.3. The molecule has 0 radical (unpaired) electrons. The highest BCUT2D eigenvalue weighted by Crippen LogP contribution is 2.43. The molecular formula is C12H18N2S3. The first-order valence-corrected chi connectivity index (χ1v) is 9.24. The molecule has 3 heterocycles. The molecule has 94 valence electrons. The van der Waals surface area contributed by atoms with Crippen LogP contribution in [0.15, 0.2) is 5.38 Å². The van der Waals surface area contributed by atoms with E-state index in [-0.39, 0.29) is 0 Å². The molecule has 1 aromatic rings. The Kier molecular flexibility index (Phi) is 4.00. The normalized spacial score (nSPS) is 34.1. The van der Waals surface area contributed by atoms with Gasteiger partial charge in [-0.2, -0.15) is 11.8 Å². The lowest BCUT2D eigenvalue weighted by atomic mass is 10.2. The van der Waals surface area contributed by atoms with Crippen LogP contribution in [0.2, 0.25) is 0 Å². The van der Waals surface area contributed by atoms with Crippen molar-refractivity contribution in [2.75, 3.05) is 18.1 Å². The van der Waals surface area contributed by atoms with Crippen LogP contribution in [0.3, 0.4) is 0 Å². The van der Waals surface area contributed by atoms with Gasteiger partial charge in [-0.15, -0.1) is 23.1 Å². The molecule has 17 heavy (non-hydrogen) atoms. The number of nitrogens with zero attached hydrogens (tertiary/aromatic N) is 1. The Morgan fingerprint density at radius 3 is 3.00 bits per heavy atom. The van der Waals surface area contributed by atoms with Gasteiger partial charge in [-0.25, -0.2) is 4.98 Å². The lowest BCUT2D eigenvalue weighted by Crippen LogP contribution is -2.16. The van der Waals surface area contributed by atoms with Gasteiger partial charge >= 0.3 is 0 Å². The van der Waals surface area contributed by atoms with E-state index in [1.54, 1.807) is 0 Å². The highest BCUT2D eigenvalue weighted by atomic mass is 32.2. The SMILES string of the molecule is CC1SCCSC1c1nc([C@@H]2CCCN2)cs1. The Hall–Kier alpha value is 0.290. The van der Waals surface area contributed by atoms with E-state index in [0.29, 0.717) is 16.5 Å². The molecule has 1 aromatic heterocycles. The van der Waals surface area contributed by atoms with Gasteiger partial charge in [-0.3, -0.25) is 0 Å². The van der Waals surface area contributed by atoms with E-state index in [0.717, 1.165) is 6.54 Å². The van der Waals surface area contributed by atoms with E-state index in [1.807, 2.05) is 11.3 Å². The smallest absolute Gasteiger partial charge is 0.107 e. The molecule has 0 aromatic carbocycles. The maximum absolute atomic E-state index is 4.89. The van der Waals surface area contributed by atoms with Crippen molar-refractivity contribution in [1.29, 1.82) is 0 Å². The van der Waals surface area contributed by atoms with E-state index in [1.165, 1.54) is 35.0 Å². The molecule has 2 fully saturated rings. The van der Waals surface area contributed by atoms with Gasteiger partial charge in [-0.05, 0) is 19.4 Å². The molecule has 2 unspecified atom stereocenters. The molecule has 3 rings (SSSR count). The van der Waals surface area contributed by atoms with Gasteiger partial charge in [-0.1, -0.05) is 6.92 Å². The van der Waals surface area contributed by atoms with Crippen LogP contribution in [0.5, 0.6) is 0 Å². The minimum Gasteiger partial charge on any atom is -0.309 e. The lowest BCUT2D eigenvalue weighted by Gasteiger charge is -2.26. The first-order valence-electron chi connectivity index (χ1n) is 6.26. The van der Waals surface area contributed by atoms with Gasteiger partial charge < -0.3 is 5.32 Å². The third-order valence-corrected chi connectivity index (χ3v) is 7.58. The minimum absolute atomic E-state index is 0.525. The van der Waals surface area contributed by atoms with E-state index >= 15 is 0 Å². The fourth-order valence-electron chi connectivity index (χ4n) is 2.43. The van der Waals surface area contributed by atoms with Gasteiger partial charge in [0.2, 0.25) is 0 Å². The van der Waals surface area contributed by atoms with Gasteiger partial charge in [0.15, 0.2) is 0 Å². The minimum atomic E-state index is 0.525. The third-order valence-electron chi connectivity index (χ3n) is 3.39. The Balaban J connectivity index is 1.74. The summed E-state index contributed by atoms with van der Waals surface area (Å²) in [7, 11) is 0. The fraction of sp³-hybridized carbons (Fsp3) is 0.750. The number of thioether (sulfide) groups is 2. The van der Waals surface area contributed by atoms with E-state index in [4.69, 9.17) is 4.98 Å². The number of rotatable bonds is 2.